The van der Waals surface area contributed by atoms with Crippen LogP contribution in [0.25, 0.3) is 0 Å². The molecule has 1 aliphatic carbocycles. The first-order valence-electron chi connectivity index (χ1n) is 6.31. The van der Waals surface area contributed by atoms with Gasteiger partial charge >= 0.3 is 0 Å². The summed E-state index contributed by atoms with van der Waals surface area (Å²) in [5.74, 6) is 0. The molecule has 104 valence electrons. The third kappa shape index (κ3) is 3.61. The highest BCUT2D eigenvalue weighted by atomic mass is 35.5. The van der Waals surface area contributed by atoms with Crippen LogP contribution in [0.15, 0.2) is 18.2 Å². The van der Waals surface area contributed by atoms with Gasteiger partial charge < -0.3 is 5.32 Å². The van der Waals surface area contributed by atoms with E-state index in [0.717, 1.165) is 6.42 Å². The van der Waals surface area contributed by atoms with Crippen molar-refractivity contribution >= 4 is 29.1 Å². The molecule has 2 unspecified atom stereocenters. The molecule has 0 spiro atoms. The van der Waals surface area contributed by atoms with Crippen molar-refractivity contribution < 1.29 is 4.92 Å². The van der Waals surface area contributed by atoms with Gasteiger partial charge in [-0.15, -0.1) is 0 Å². The number of nitro groups is 1. The van der Waals surface area contributed by atoms with Crippen molar-refractivity contribution in [3.8, 4) is 0 Å². The molecule has 2 atom stereocenters. The molecule has 2 rings (SSSR count). The normalized spacial score (nSPS) is 22.6. The third-order valence-electron chi connectivity index (χ3n) is 3.55. The summed E-state index contributed by atoms with van der Waals surface area (Å²) in [6.45, 7) is 0.523. The highest BCUT2D eigenvalue weighted by molar-refractivity contribution is 7.99. The highest BCUT2D eigenvalue weighted by Crippen LogP contribution is 2.29. The number of nitrogens with one attached hydrogen (secondary N) is 1. The van der Waals surface area contributed by atoms with Gasteiger partial charge in [0.05, 0.1) is 4.92 Å². The van der Waals surface area contributed by atoms with Crippen LogP contribution < -0.4 is 5.32 Å². The van der Waals surface area contributed by atoms with Gasteiger partial charge in [0.25, 0.3) is 5.69 Å². The Bertz CT molecular complexity index is 470. The van der Waals surface area contributed by atoms with Crippen LogP contribution in [-0.4, -0.2) is 22.5 Å². The van der Waals surface area contributed by atoms with E-state index in [1.165, 1.54) is 18.9 Å². The van der Waals surface area contributed by atoms with Crippen molar-refractivity contribution in [3.63, 3.8) is 0 Å². The molecule has 0 radical (unpaired) electrons. The molecular weight excluding hydrogens is 284 g/mol. The van der Waals surface area contributed by atoms with Crippen LogP contribution in [-0.2, 0) is 6.54 Å². The van der Waals surface area contributed by atoms with Crippen LogP contribution in [0.5, 0.6) is 0 Å². The minimum absolute atomic E-state index is 0.0960. The van der Waals surface area contributed by atoms with E-state index in [1.54, 1.807) is 12.1 Å². The Morgan fingerprint density at radius 1 is 1.53 bits per heavy atom. The maximum atomic E-state index is 11.0. The molecule has 1 aliphatic rings. The minimum Gasteiger partial charge on any atom is -0.309 e. The van der Waals surface area contributed by atoms with Crippen LogP contribution in [0.4, 0.5) is 5.69 Å². The second kappa shape index (κ2) is 6.59. The lowest BCUT2D eigenvalue weighted by molar-refractivity contribution is -0.385. The lowest BCUT2D eigenvalue weighted by atomic mass is 10.1. The number of benzene rings is 1. The fraction of sp³-hybridized carbons (Fsp3) is 0.538. The van der Waals surface area contributed by atoms with Crippen molar-refractivity contribution in [1.82, 2.24) is 5.32 Å². The summed E-state index contributed by atoms with van der Waals surface area (Å²) in [6, 6.07) is 5.30. The van der Waals surface area contributed by atoms with E-state index >= 15 is 0 Å². The van der Waals surface area contributed by atoms with Crippen LogP contribution in [0.1, 0.15) is 24.8 Å². The zero-order valence-electron chi connectivity index (χ0n) is 10.8. The Labute approximate surface area is 122 Å². The molecule has 4 nitrogen and oxygen atoms in total. The average molecular weight is 301 g/mol. The maximum Gasteiger partial charge on any atom is 0.275 e. The number of hydrogen-bond donors (Lipinski definition) is 1. The zero-order valence-corrected chi connectivity index (χ0v) is 12.3. The number of halogens is 1. The molecule has 19 heavy (non-hydrogen) atoms. The molecule has 1 saturated carbocycles. The summed E-state index contributed by atoms with van der Waals surface area (Å²) >= 11 is 7.68. The van der Waals surface area contributed by atoms with E-state index in [4.69, 9.17) is 11.6 Å². The predicted octanol–water partition coefficient (Wildman–Crippen LogP) is 3.62. The molecule has 1 fully saturated rings. The molecule has 1 aromatic rings. The second-order valence-electron chi connectivity index (χ2n) is 4.72. The molecule has 0 amide bonds. The summed E-state index contributed by atoms with van der Waals surface area (Å²) in [6.07, 6.45) is 5.72. The molecule has 0 aromatic heterocycles. The van der Waals surface area contributed by atoms with E-state index in [0.29, 0.717) is 28.4 Å². The smallest absolute Gasteiger partial charge is 0.275 e. The first kappa shape index (κ1) is 14.6. The standard InChI is InChI=1S/C13H17ClN2O2S/c1-19-13-4-2-3-11(13)15-8-9-5-6-10(14)7-12(9)16(17)18/h5-7,11,13,15H,2-4,8H2,1H3. The Morgan fingerprint density at radius 3 is 3.00 bits per heavy atom. The average Bonchev–Trinajstić information content (AvgIpc) is 2.84. The van der Waals surface area contributed by atoms with Crippen molar-refractivity contribution in [2.24, 2.45) is 0 Å². The van der Waals surface area contributed by atoms with Gasteiger partial charge in [0.2, 0.25) is 0 Å². The van der Waals surface area contributed by atoms with Crippen LogP contribution >= 0.6 is 23.4 Å². The van der Waals surface area contributed by atoms with Gasteiger partial charge in [-0.2, -0.15) is 11.8 Å². The topological polar surface area (TPSA) is 55.2 Å². The zero-order chi connectivity index (χ0) is 13.8. The van der Waals surface area contributed by atoms with E-state index in [9.17, 15) is 10.1 Å². The summed E-state index contributed by atoms with van der Waals surface area (Å²) in [7, 11) is 0. The second-order valence-corrected chi connectivity index (χ2v) is 6.24. The van der Waals surface area contributed by atoms with Gasteiger partial charge in [-0.05, 0) is 31.2 Å². The third-order valence-corrected chi connectivity index (χ3v) is 4.96. The highest BCUT2D eigenvalue weighted by Gasteiger charge is 2.26. The van der Waals surface area contributed by atoms with E-state index in [2.05, 4.69) is 11.6 Å². The molecular formula is C13H17ClN2O2S. The van der Waals surface area contributed by atoms with Gasteiger partial charge in [0.15, 0.2) is 0 Å². The lowest BCUT2D eigenvalue weighted by Crippen LogP contribution is -2.33. The molecule has 0 heterocycles. The molecule has 6 heteroatoms. The summed E-state index contributed by atoms with van der Waals surface area (Å²) in [5.41, 5.74) is 0.792. The van der Waals surface area contributed by atoms with Gasteiger partial charge in [-0.1, -0.05) is 18.0 Å². The van der Waals surface area contributed by atoms with Crippen LogP contribution in [0.3, 0.4) is 0 Å². The predicted molar refractivity (Wildman–Crippen MR) is 79.9 cm³/mol. The molecule has 1 N–H and O–H groups in total. The number of nitro benzene ring substituents is 1. The van der Waals surface area contributed by atoms with Gasteiger partial charge in [-0.25, -0.2) is 0 Å². The number of thioether (sulfide) groups is 1. The van der Waals surface area contributed by atoms with Crippen LogP contribution in [0.2, 0.25) is 5.02 Å². The SMILES string of the molecule is CSC1CCCC1NCc1ccc(Cl)cc1[N+](=O)[O-]. The van der Waals surface area contributed by atoms with E-state index in [1.807, 2.05) is 11.8 Å². The number of nitrogens with zero attached hydrogens (tertiary/aromatic N) is 1. The lowest BCUT2D eigenvalue weighted by Gasteiger charge is -2.19. The van der Waals surface area contributed by atoms with Crippen molar-refractivity contribution in [3.05, 3.63) is 38.9 Å². The fourth-order valence-corrected chi connectivity index (χ4v) is 3.67. The van der Waals surface area contributed by atoms with Crippen molar-refractivity contribution in [2.75, 3.05) is 6.26 Å². The summed E-state index contributed by atoms with van der Waals surface area (Å²) in [5, 5.41) is 15.5. The summed E-state index contributed by atoms with van der Waals surface area (Å²) < 4.78 is 0. The van der Waals surface area contributed by atoms with E-state index < -0.39 is 0 Å². The maximum absolute atomic E-state index is 11.0. The number of rotatable bonds is 5. The minimum atomic E-state index is -0.371. The Balaban J connectivity index is 2.05. The van der Waals surface area contributed by atoms with E-state index in [-0.39, 0.29) is 10.6 Å². The molecule has 0 saturated heterocycles. The fourth-order valence-electron chi connectivity index (χ4n) is 2.54. The van der Waals surface area contributed by atoms with Gasteiger partial charge in [0.1, 0.15) is 0 Å². The Hall–Kier alpha value is -0.780. The Morgan fingerprint density at radius 2 is 2.32 bits per heavy atom. The van der Waals surface area contributed by atoms with Gasteiger partial charge in [-0.3, -0.25) is 10.1 Å². The largest absolute Gasteiger partial charge is 0.309 e. The monoisotopic (exact) mass is 300 g/mol. The number of hydrogen-bond acceptors (Lipinski definition) is 4. The molecule has 0 aliphatic heterocycles. The quantitative estimate of drug-likeness (QED) is 0.666. The van der Waals surface area contributed by atoms with Crippen molar-refractivity contribution in [2.45, 2.75) is 37.1 Å². The first-order valence-corrected chi connectivity index (χ1v) is 7.97. The first-order chi connectivity index (χ1) is 9.11. The molecule has 0 bridgehead atoms. The summed E-state index contributed by atoms with van der Waals surface area (Å²) in [4.78, 5) is 10.6. The van der Waals surface area contributed by atoms with Gasteiger partial charge in [0, 0.05) is 34.5 Å². The Kier molecular flexibility index (Phi) is 5.07. The van der Waals surface area contributed by atoms with Crippen LogP contribution in [0, 0.1) is 10.1 Å². The van der Waals surface area contributed by atoms with Crippen molar-refractivity contribution in [1.29, 1.82) is 0 Å². The molecule has 1 aromatic carbocycles.